The van der Waals surface area contributed by atoms with E-state index in [9.17, 15) is 5.11 Å². The number of aliphatic hydroxyl groups excluding tert-OH is 2. The fourth-order valence-corrected chi connectivity index (χ4v) is 9.83. The summed E-state index contributed by atoms with van der Waals surface area (Å²) in [6.45, 7) is 0.438. The van der Waals surface area contributed by atoms with Crippen molar-refractivity contribution >= 4 is 0 Å². The fourth-order valence-electron chi connectivity index (χ4n) is 9.83. The monoisotopic (exact) mass is 517 g/mol. The van der Waals surface area contributed by atoms with Crippen molar-refractivity contribution in [2.24, 2.45) is 41.4 Å². The SMILES string of the molecule is OCCOC1CCC(C2NC(C3CCC4CCCCC4C3)NC(C3CCC4CCCCC4C3)N2)C(O)C1. The molecule has 5 N–H and O–H groups in total. The summed E-state index contributed by atoms with van der Waals surface area (Å²) >= 11 is 0. The van der Waals surface area contributed by atoms with Crippen LogP contribution < -0.4 is 16.0 Å². The lowest BCUT2D eigenvalue weighted by Crippen LogP contribution is -2.73. The van der Waals surface area contributed by atoms with Crippen molar-refractivity contribution < 1.29 is 14.9 Å². The third-order valence-electron chi connectivity index (χ3n) is 11.9. The van der Waals surface area contributed by atoms with Gasteiger partial charge in [-0.2, -0.15) is 0 Å². The molecule has 0 aromatic heterocycles. The summed E-state index contributed by atoms with van der Waals surface area (Å²) < 4.78 is 5.81. The Balaban J connectivity index is 1.15. The minimum atomic E-state index is -0.356. The predicted molar refractivity (Wildman–Crippen MR) is 147 cm³/mol. The van der Waals surface area contributed by atoms with Gasteiger partial charge >= 0.3 is 0 Å². The summed E-state index contributed by atoms with van der Waals surface area (Å²) in [5, 5.41) is 32.6. The van der Waals surface area contributed by atoms with Crippen molar-refractivity contribution in [3.8, 4) is 0 Å². The molecule has 6 aliphatic rings. The smallest absolute Gasteiger partial charge is 0.0701 e. The van der Waals surface area contributed by atoms with Crippen LogP contribution in [0.2, 0.25) is 0 Å². The van der Waals surface area contributed by atoms with Gasteiger partial charge in [0.05, 0.1) is 43.9 Å². The Bertz CT molecular complexity index is 682. The normalized spacial score (nSPS) is 49.1. The van der Waals surface area contributed by atoms with Gasteiger partial charge in [-0.05, 0) is 93.3 Å². The molecule has 11 unspecified atom stereocenters. The third-order valence-corrected chi connectivity index (χ3v) is 11.9. The molecule has 0 aromatic rings. The summed E-state index contributed by atoms with van der Waals surface area (Å²) in [7, 11) is 0. The van der Waals surface area contributed by atoms with E-state index >= 15 is 0 Å². The van der Waals surface area contributed by atoms with Gasteiger partial charge in [0.25, 0.3) is 0 Å². The second-order valence-electron chi connectivity index (χ2n) is 13.9. The van der Waals surface area contributed by atoms with E-state index in [1.807, 2.05) is 0 Å². The summed E-state index contributed by atoms with van der Waals surface area (Å²) in [6, 6.07) is 0. The number of fused-ring (bicyclic) bond motifs is 2. The molecule has 5 aliphatic carbocycles. The molecule has 212 valence electrons. The van der Waals surface area contributed by atoms with Crippen LogP contribution in [0.4, 0.5) is 0 Å². The van der Waals surface area contributed by atoms with Crippen molar-refractivity contribution in [3.05, 3.63) is 0 Å². The van der Waals surface area contributed by atoms with Crippen molar-refractivity contribution in [3.63, 3.8) is 0 Å². The predicted octanol–water partition coefficient (Wildman–Crippen LogP) is 4.50. The number of nitrogens with one attached hydrogen (secondary N) is 3. The first-order chi connectivity index (χ1) is 18.2. The molecule has 0 bridgehead atoms. The first-order valence-electron chi connectivity index (χ1n) is 16.4. The molecule has 0 amide bonds. The van der Waals surface area contributed by atoms with E-state index in [0.29, 0.717) is 37.2 Å². The van der Waals surface area contributed by atoms with Crippen molar-refractivity contribution in [2.75, 3.05) is 13.2 Å². The first-order valence-corrected chi connectivity index (χ1v) is 16.4. The van der Waals surface area contributed by atoms with Crippen LogP contribution in [0.5, 0.6) is 0 Å². The average Bonchev–Trinajstić information content (AvgIpc) is 2.95. The number of ether oxygens (including phenoxy) is 1. The second-order valence-corrected chi connectivity index (χ2v) is 13.9. The van der Waals surface area contributed by atoms with Crippen molar-refractivity contribution in [1.29, 1.82) is 0 Å². The highest BCUT2D eigenvalue weighted by atomic mass is 16.5. The minimum absolute atomic E-state index is 0.0588. The molecule has 6 fully saturated rings. The van der Waals surface area contributed by atoms with E-state index in [0.717, 1.165) is 36.5 Å². The lowest BCUT2D eigenvalue weighted by molar-refractivity contribution is -0.0685. The zero-order valence-corrected chi connectivity index (χ0v) is 23.2. The summed E-state index contributed by atoms with van der Waals surface area (Å²) in [4.78, 5) is 0. The first kappa shape index (κ1) is 27.0. The van der Waals surface area contributed by atoms with E-state index in [4.69, 9.17) is 9.84 Å². The molecule has 1 aliphatic heterocycles. The molecular weight excluding hydrogens is 462 g/mol. The van der Waals surface area contributed by atoms with Crippen LogP contribution in [0.25, 0.3) is 0 Å². The van der Waals surface area contributed by atoms with Gasteiger partial charge in [-0.15, -0.1) is 0 Å². The Labute approximate surface area is 225 Å². The van der Waals surface area contributed by atoms with E-state index < -0.39 is 0 Å². The summed E-state index contributed by atoms with van der Waals surface area (Å²) in [5.41, 5.74) is 0. The number of aliphatic hydroxyl groups is 2. The molecule has 6 rings (SSSR count). The third kappa shape index (κ3) is 6.25. The van der Waals surface area contributed by atoms with E-state index in [1.165, 1.54) is 89.9 Å². The summed E-state index contributed by atoms with van der Waals surface area (Å²) in [5.74, 6) is 5.47. The molecule has 0 aromatic carbocycles. The molecule has 1 heterocycles. The molecule has 0 spiro atoms. The van der Waals surface area contributed by atoms with Gasteiger partial charge in [0.15, 0.2) is 0 Å². The highest BCUT2D eigenvalue weighted by molar-refractivity contribution is 4.99. The lowest BCUT2D eigenvalue weighted by atomic mass is 9.66. The standard InChI is InChI=1S/C31H55N3O3/c35-15-16-37-26-13-14-27(28(36)19-26)31-33-29(24-11-9-20-5-1-3-7-22(20)17-24)32-30(34-31)25-12-10-21-6-2-4-8-23(21)18-25/h20-36H,1-19H2. The van der Waals surface area contributed by atoms with Gasteiger partial charge in [0.1, 0.15) is 0 Å². The van der Waals surface area contributed by atoms with Crippen LogP contribution in [-0.2, 0) is 4.74 Å². The molecule has 1 saturated heterocycles. The minimum Gasteiger partial charge on any atom is -0.394 e. The molecule has 0 radical (unpaired) electrons. The van der Waals surface area contributed by atoms with Gasteiger partial charge in [-0.1, -0.05) is 51.4 Å². The second kappa shape index (κ2) is 12.5. The van der Waals surface area contributed by atoms with Gasteiger partial charge in [0.2, 0.25) is 0 Å². The zero-order chi connectivity index (χ0) is 25.2. The summed E-state index contributed by atoms with van der Waals surface area (Å²) in [6.07, 6.45) is 23.2. The highest BCUT2D eigenvalue weighted by Crippen LogP contribution is 2.46. The molecule has 5 saturated carbocycles. The molecule has 6 heteroatoms. The zero-order valence-electron chi connectivity index (χ0n) is 23.2. The van der Waals surface area contributed by atoms with Gasteiger partial charge in [-0.25, -0.2) is 0 Å². The Morgan fingerprint density at radius 3 is 1.59 bits per heavy atom. The number of hydrogen-bond acceptors (Lipinski definition) is 6. The number of rotatable bonds is 6. The van der Waals surface area contributed by atoms with E-state index in [-0.39, 0.29) is 30.9 Å². The Morgan fingerprint density at radius 2 is 1.05 bits per heavy atom. The van der Waals surface area contributed by atoms with Gasteiger partial charge in [-0.3, -0.25) is 16.0 Å². The van der Waals surface area contributed by atoms with E-state index in [2.05, 4.69) is 16.0 Å². The van der Waals surface area contributed by atoms with Crippen LogP contribution >= 0.6 is 0 Å². The maximum Gasteiger partial charge on any atom is 0.0701 e. The number of hydrogen-bond donors (Lipinski definition) is 5. The molecular formula is C31H55N3O3. The Morgan fingerprint density at radius 1 is 0.541 bits per heavy atom. The molecule has 37 heavy (non-hydrogen) atoms. The Kier molecular flexibility index (Phi) is 9.12. The maximum atomic E-state index is 11.2. The van der Waals surface area contributed by atoms with Gasteiger partial charge < -0.3 is 14.9 Å². The van der Waals surface area contributed by atoms with Crippen LogP contribution in [0, 0.1) is 41.4 Å². The van der Waals surface area contributed by atoms with Crippen molar-refractivity contribution in [1.82, 2.24) is 16.0 Å². The average molecular weight is 518 g/mol. The van der Waals surface area contributed by atoms with Crippen LogP contribution in [0.1, 0.15) is 109 Å². The van der Waals surface area contributed by atoms with E-state index in [1.54, 1.807) is 0 Å². The van der Waals surface area contributed by atoms with Crippen LogP contribution in [-0.4, -0.2) is 54.1 Å². The van der Waals surface area contributed by atoms with Crippen molar-refractivity contribution in [2.45, 2.75) is 140 Å². The quantitative estimate of drug-likeness (QED) is 0.357. The topological polar surface area (TPSA) is 85.8 Å². The highest BCUT2D eigenvalue weighted by Gasteiger charge is 2.45. The Hall–Kier alpha value is -0.240. The maximum absolute atomic E-state index is 11.2. The fraction of sp³-hybridized carbons (Fsp3) is 1.00. The molecule has 6 nitrogen and oxygen atoms in total. The largest absolute Gasteiger partial charge is 0.394 e. The van der Waals surface area contributed by atoms with Gasteiger partial charge in [0, 0.05) is 5.92 Å². The molecule has 11 atom stereocenters. The van der Waals surface area contributed by atoms with Crippen LogP contribution in [0.3, 0.4) is 0 Å². The van der Waals surface area contributed by atoms with Crippen LogP contribution in [0.15, 0.2) is 0 Å². The lowest BCUT2D eigenvalue weighted by Gasteiger charge is -2.52.